The van der Waals surface area contributed by atoms with E-state index in [4.69, 9.17) is 16.6 Å². The summed E-state index contributed by atoms with van der Waals surface area (Å²) in [5.41, 5.74) is 2.02. The largest absolute Gasteiger partial charge is 0.355 e. The van der Waals surface area contributed by atoms with E-state index in [-0.39, 0.29) is 22.8 Å². The van der Waals surface area contributed by atoms with E-state index in [1.54, 1.807) is 0 Å². The molecule has 1 atom stereocenters. The highest BCUT2D eigenvalue weighted by Crippen LogP contribution is 2.34. The Hall–Kier alpha value is -2.23. The SMILES string of the molecule is CSc1cc(C)nc(C(C)C)c1-n1c(=O)nc(N2CCNCC2C)c2cc(F)c(Cl)nc21. The normalized spacial score (nSPS) is 16.9. The zero-order valence-corrected chi connectivity index (χ0v) is 20.3. The zero-order valence-electron chi connectivity index (χ0n) is 18.7. The number of halogens is 2. The van der Waals surface area contributed by atoms with Crippen molar-refractivity contribution in [3.63, 3.8) is 0 Å². The minimum absolute atomic E-state index is 0.0431. The predicted molar refractivity (Wildman–Crippen MR) is 128 cm³/mol. The van der Waals surface area contributed by atoms with E-state index in [0.717, 1.165) is 29.4 Å². The number of rotatable bonds is 4. The van der Waals surface area contributed by atoms with Crippen LogP contribution in [0, 0.1) is 12.7 Å². The van der Waals surface area contributed by atoms with Gasteiger partial charge in [0, 0.05) is 36.3 Å². The molecule has 3 aromatic rings. The summed E-state index contributed by atoms with van der Waals surface area (Å²) in [4.78, 5) is 29.9. The second-order valence-corrected chi connectivity index (χ2v) is 9.49. The van der Waals surface area contributed by atoms with Crippen molar-refractivity contribution >= 4 is 40.2 Å². The van der Waals surface area contributed by atoms with Crippen LogP contribution in [-0.2, 0) is 0 Å². The summed E-state index contributed by atoms with van der Waals surface area (Å²) >= 11 is 7.61. The Kier molecular flexibility index (Phi) is 6.42. The summed E-state index contributed by atoms with van der Waals surface area (Å²) in [6.07, 6.45) is 1.94. The fourth-order valence-electron chi connectivity index (χ4n) is 4.10. The third-order valence-corrected chi connectivity index (χ3v) is 6.65. The lowest BCUT2D eigenvalue weighted by molar-refractivity contribution is 0.497. The molecule has 0 bridgehead atoms. The van der Waals surface area contributed by atoms with Crippen LogP contribution in [0.15, 0.2) is 21.8 Å². The van der Waals surface area contributed by atoms with Gasteiger partial charge < -0.3 is 10.2 Å². The van der Waals surface area contributed by atoms with Gasteiger partial charge in [-0.1, -0.05) is 25.4 Å². The minimum atomic E-state index is -0.647. The number of aromatic nitrogens is 4. The van der Waals surface area contributed by atoms with E-state index in [1.165, 1.54) is 22.4 Å². The molecular weight excluding hydrogens is 451 g/mol. The molecule has 0 radical (unpaired) electrons. The lowest BCUT2D eigenvalue weighted by Gasteiger charge is -2.35. The number of nitrogens with one attached hydrogen (secondary N) is 1. The van der Waals surface area contributed by atoms with Gasteiger partial charge in [0.2, 0.25) is 0 Å². The van der Waals surface area contributed by atoms with Gasteiger partial charge in [0.15, 0.2) is 16.6 Å². The topological polar surface area (TPSA) is 75.9 Å². The molecule has 32 heavy (non-hydrogen) atoms. The number of hydrogen-bond donors (Lipinski definition) is 1. The van der Waals surface area contributed by atoms with Gasteiger partial charge in [-0.25, -0.2) is 18.7 Å². The second-order valence-electron chi connectivity index (χ2n) is 8.29. The molecule has 1 fully saturated rings. The van der Waals surface area contributed by atoms with Gasteiger partial charge in [-0.05, 0) is 38.2 Å². The monoisotopic (exact) mass is 476 g/mol. The Balaban J connectivity index is 2.12. The van der Waals surface area contributed by atoms with Crippen molar-refractivity contribution in [2.24, 2.45) is 0 Å². The van der Waals surface area contributed by atoms with Crippen molar-refractivity contribution < 1.29 is 4.39 Å². The average molecular weight is 477 g/mol. The van der Waals surface area contributed by atoms with Gasteiger partial charge in [-0.3, -0.25) is 4.98 Å². The van der Waals surface area contributed by atoms with Crippen LogP contribution in [0.1, 0.15) is 38.1 Å². The number of hydrogen-bond acceptors (Lipinski definition) is 7. The molecular formula is C22H26ClFN6OS. The standard InChI is InChI=1S/C22H26ClFN6OS/c1-11(2)17-18(16(32-5)8-12(3)26-17)30-21-14(9-15(24)19(23)27-21)20(28-22(30)31)29-7-6-25-10-13(29)4/h8-9,11,13,25H,6-7,10H2,1-5H3. The fourth-order valence-corrected chi connectivity index (χ4v) is 4.91. The summed E-state index contributed by atoms with van der Waals surface area (Å²) < 4.78 is 16.0. The highest BCUT2D eigenvalue weighted by molar-refractivity contribution is 7.98. The molecule has 170 valence electrons. The Bertz CT molecular complexity index is 1250. The van der Waals surface area contributed by atoms with Crippen molar-refractivity contribution in [1.29, 1.82) is 0 Å². The predicted octanol–water partition coefficient (Wildman–Crippen LogP) is 3.92. The third kappa shape index (κ3) is 3.97. The van der Waals surface area contributed by atoms with Gasteiger partial charge in [0.25, 0.3) is 0 Å². The molecule has 10 heteroatoms. The lowest BCUT2D eigenvalue weighted by atomic mass is 10.1. The Morgan fingerprint density at radius 1 is 1.28 bits per heavy atom. The van der Waals surface area contributed by atoms with Crippen molar-refractivity contribution in [2.75, 3.05) is 30.8 Å². The lowest BCUT2D eigenvalue weighted by Crippen LogP contribution is -2.50. The van der Waals surface area contributed by atoms with Gasteiger partial charge in [-0.15, -0.1) is 11.8 Å². The highest BCUT2D eigenvalue weighted by Gasteiger charge is 2.27. The first-order chi connectivity index (χ1) is 15.2. The maximum absolute atomic E-state index is 14.6. The first-order valence-electron chi connectivity index (χ1n) is 10.5. The number of nitrogens with zero attached hydrogens (tertiary/aromatic N) is 5. The molecule has 1 aliphatic heterocycles. The summed E-state index contributed by atoms with van der Waals surface area (Å²) in [5, 5.41) is 3.48. The average Bonchev–Trinajstić information content (AvgIpc) is 2.75. The van der Waals surface area contributed by atoms with Gasteiger partial charge in [0.05, 0.1) is 16.8 Å². The molecule has 1 N–H and O–H groups in total. The summed E-state index contributed by atoms with van der Waals surface area (Å²) in [6.45, 7) is 10.1. The van der Waals surface area contributed by atoms with E-state index < -0.39 is 11.5 Å². The van der Waals surface area contributed by atoms with E-state index >= 15 is 0 Å². The Morgan fingerprint density at radius 2 is 2.03 bits per heavy atom. The van der Waals surface area contributed by atoms with Crippen LogP contribution in [0.4, 0.5) is 10.2 Å². The van der Waals surface area contributed by atoms with Crippen molar-refractivity contribution in [3.05, 3.63) is 45.0 Å². The molecule has 0 saturated carbocycles. The summed E-state index contributed by atoms with van der Waals surface area (Å²) in [7, 11) is 0. The molecule has 1 aliphatic rings. The van der Waals surface area contributed by atoms with Crippen LogP contribution in [0.25, 0.3) is 16.7 Å². The number of thioether (sulfide) groups is 1. The first kappa shape index (κ1) is 22.9. The minimum Gasteiger partial charge on any atom is -0.351 e. The molecule has 1 unspecified atom stereocenters. The number of aryl methyl sites for hydroxylation is 1. The van der Waals surface area contributed by atoms with Gasteiger partial charge >= 0.3 is 5.69 Å². The highest BCUT2D eigenvalue weighted by atomic mass is 35.5. The smallest absolute Gasteiger partial charge is 0.351 e. The number of piperazine rings is 1. The van der Waals surface area contributed by atoms with Crippen LogP contribution in [0.5, 0.6) is 0 Å². The van der Waals surface area contributed by atoms with E-state index in [2.05, 4.69) is 15.3 Å². The first-order valence-corrected chi connectivity index (χ1v) is 12.1. The molecule has 0 spiro atoms. The number of fused-ring (bicyclic) bond motifs is 1. The third-order valence-electron chi connectivity index (χ3n) is 5.64. The maximum Gasteiger partial charge on any atom is 0.355 e. The van der Waals surface area contributed by atoms with Gasteiger partial charge in [0.1, 0.15) is 5.82 Å². The van der Waals surface area contributed by atoms with E-state index in [9.17, 15) is 9.18 Å². The van der Waals surface area contributed by atoms with Crippen molar-refractivity contribution in [1.82, 2.24) is 24.8 Å². The van der Waals surface area contributed by atoms with Crippen LogP contribution >= 0.6 is 23.4 Å². The summed E-state index contributed by atoms with van der Waals surface area (Å²) in [5.74, 6) is -0.178. The van der Waals surface area contributed by atoms with Crippen molar-refractivity contribution in [2.45, 2.75) is 44.6 Å². The Labute approximate surface area is 195 Å². The molecule has 4 rings (SSSR count). The molecule has 1 saturated heterocycles. The molecule has 0 amide bonds. The van der Waals surface area contributed by atoms with Crippen LogP contribution < -0.4 is 15.9 Å². The molecule has 3 aromatic heterocycles. The number of pyridine rings is 2. The molecule has 0 aromatic carbocycles. The van der Waals surface area contributed by atoms with E-state index in [1.807, 2.05) is 44.9 Å². The van der Waals surface area contributed by atoms with Crippen LogP contribution in [0.3, 0.4) is 0 Å². The zero-order chi connectivity index (χ0) is 23.2. The van der Waals surface area contributed by atoms with Crippen LogP contribution in [0.2, 0.25) is 5.15 Å². The molecule has 0 aliphatic carbocycles. The Morgan fingerprint density at radius 3 is 2.69 bits per heavy atom. The van der Waals surface area contributed by atoms with E-state index in [0.29, 0.717) is 23.4 Å². The second kappa shape index (κ2) is 8.96. The van der Waals surface area contributed by atoms with Gasteiger partial charge in [-0.2, -0.15) is 4.98 Å². The molecule has 7 nitrogen and oxygen atoms in total. The quantitative estimate of drug-likeness (QED) is 0.451. The summed E-state index contributed by atoms with van der Waals surface area (Å²) in [6, 6.07) is 3.34. The molecule has 4 heterocycles. The van der Waals surface area contributed by atoms with Crippen molar-refractivity contribution in [3.8, 4) is 5.69 Å². The maximum atomic E-state index is 14.6. The number of anilines is 1. The van der Waals surface area contributed by atoms with Crippen LogP contribution in [-0.4, -0.2) is 51.5 Å². The fraction of sp³-hybridized carbons (Fsp3) is 0.455.